The lowest BCUT2D eigenvalue weighted by Crippen LogP contribution is -2.39. The van der Waals surface area contributed by atoms with Gasteiger partial charge in [0.15, 0.2) is 0 Å². The second-order valence-corrected chi connectivity index (χ2v) is 4.60. The molecule has 1 amide bonds. The number of anilines is 1. The number of hydrogen-bond donors (Lipinski definition) is 2. The zero-order chi connectivity index (χ0) is 16.3. The van der Waals surface area contributed by atoms with Gasteiger partial charge in [-0.2, -0.15) is 4.39 Å². The summed E-state index contributed by atoms with van der Waals surface area (Å²) in [5, 5.41) is 24.0. The molecule has 1 aromatic rings. The molecular formula is C11H13FN4O5. The third kappa shape index (κ3) is 3.61. The number of benzene rings is 1. The lowest BCUT2D eigenvalue weighted by Gasteiger charge is -2.20. The Balaban J connectivity index is 3.35. The molecule has 1 rings (SSSR count). The smallest absolute Gasteiger partial charge is 0.311 e. The summed E-state index contributed by atoms with van der Waals surface area (Å²) >= 11 is 0. The molecule has 10 heteroatoms. The van der Waals surface area contributed by atoms with Crippen molar-refractivity contribution in [1.29, 1.82) is 0 Å². The number of hydrogen-bond acceptors (Lipinski definition) is 6. The van der Waals surface area contributed by atoms with Crippen LogP contribution in [0.2, 0.25) is 0 Å². The Labute approximate surface area is 118 Å². The molecule has 1 atom stereocenters. The van der Waals surface area contributed by atoms with E-state index in [0.717, 1.165) is 0 Å². The fraction of sp³-hybridized carbons (Fsp3) is 0.364. The minimum atomic E-state index is -1.25. The zero-order valence-electron chi connectivity index (χ0n) is 11.2. The topological polar surface area (TPSA) is 141 Å². The molecule has 0 bridgehead atoms. The first-order chi connectivity index (χ1) is 9.65. The normalized spacial score (nSPS) is 12.0. The third-order valence-corrected chi connectivity index (χ3v) is 2.74. The number of carbonyl (C=O) groups excluding carboxylic acids is 1. The van der Waals surface area contributed by atoms with Gasteiger partial charge in [-0.05, 0) is 5.92 Å². The van der Waals surface area contributed by atoms with E-state index in [9.17, 15) is 29.4 Å². The third-order valence-electron chi connectivity index (χ3n) is 2.74. The number of carbonyl (C=O) groups is 1. The van der Waals surface area contributed by atoms with Crippen molar-refractivity contribution in [2.75, 3.05) is 5.32 Å². The zero-order valence-corrected chi connectivity index (χ0v) is 11.2. The second-order valence-electron chi connectivity index (χ2n) is 4.60. The molecule has 0 saturated carbocycles. The first-order valence-corrected chi connectivity index (χ1v) is 5.83. The molecule has 0 unspecified atom stereocenters. The maximum Gasteiger partial charge on any atom is 0.311 e. The van der Waals surface area contributed by atoms with Gasteiger partial charge in [-0.1, -0.05) is 13.8 Å². The van der Waals surface area contributed by atoms with Crippen LogP contribution in [0.25, 0.3) is 0 Å². The van der Waals surface area contributed by atoms with E-state index in [0.29, 0.717) is 12.1 Å². The molecule has 21 heavy (non-hydrogen) atoms. The van der Waals surface area contributed by atoms with Crippen LogP contribution < -0.4 is 11.1 Å². The highest BCUT2D eigenvalue weighted by molar-refractivity contribution is 5.84. The van der Waals surface area contributed by atoms with Crippen LogP contribution in [-0.4, -0.2) is 21.8 Å². The van der Waals surface area contributed by atoms with Crippen molar-refractivity contribution in [1.82, 2.24) is 0 Å². The van der Waals surface area contributed by atoms with Gasteiger partial charge >= 0.3 is 5.69 Å². The highest BCUT2D eigenvalue weighted by Crippen LogP contribution is 2.32. The lowest BCUT2D eigenvalue weighted by molar-refractivity contribution is -0.395. The Morgan fingerprint density at radius 2 is 1.76 bits per heavy atom. The molecule has 114 valence electrons. The van der Waals surface area contributed by atoms with Crippen LogP contribution in [-0.2, 0) is 4.79 Å². The van der Waals surface area contributed by atoms with Gasteiger partial charge in [-0.15, -0.1) is 0 Å². The van der Waals surface area contributed by atoms with E-state index in [2.05, 4.69) is 5.32 Å². The summed E-state index contributed by atoms with van der Waals surface area (Å²) in [5.74, 6) is -2.35. The van der Waals surface area contributed by atoms with E-state index < -0.39 is 39.0 Å². The first kappa shape index (κ1) is 16.3. The molecule has 0 aliphatic rings. The van der Waals surface area contributed by atoms with Crippen molar-refractivity contribution in [3.8, 4) is 0 Å². The quantitative estimate of drug-likeness (QED) is 0.603. The van der Waals surface area contributed by atoms with E-state index in [1.165, 1.54) is 0 Å². The number of halogens is 1. The largest absolute Gasteiger partial charge is 0.368 e. The number of nitrogens with zero attached hydrogens (tertiary/aromatic N) is 2. The molecule has 0 spiro atoms. The molecule has 0 aromatic heterocycles. The number of nitrogens with one attached hydrogen (secondary N) is 1. The van der Waals surface area contributed by atoms with Gasteiger partial charge < -0.3 is 11.1 Å². The van der Waals surface area contributed by atoms with Crippen LogP contribution in [0, 0.1) is 32.0 Å². The summed E-state index contributed by atoms with van der Waals surface area (Å²) < 4.78 is 13.6. The molecule has 9 nitrogen and oxygen atoms in total. The van der Waals surface area contributed by atoms with E-state index in [1.54, 1.807) is 13.8 Å². The van der Waals surface area contributed by atoms with Crippen LogP contribution in [0.4, 0.5) is 21.5 Å². The average Bonchev–Trinajstić information content (AvgIpc) is 2.34. The van der Waals surface area contributed by atoms with Crippen molar-refractivity contribution < 1.29 is 19.0 Å². The summed E-state index contributed by atoms with van der Waals surface area (Å²) in [4.78, 5) is 30.8. The van der Waals surface area contributed by atoms with Gasteiger partial charge in [0, 0.05) is 6.07 Å². The van der Waals surface area contributed by atoms with E-state index in [4.69, 9.17) is 5.73 Å². The first-order valence-electron chi connectivity index (χ1n) is 5.83. The monoisotopic (exact) mass is 300 g/mol. The van der Waals surface area contributed by atoms with Gasteiger partial charge in [0.25, 0.3) is 5.69 Å². The number of rotatable bonds is 6. The SMILES string of the molecule is CC(C)[C@H](Nc1cc(F)c([N+](=O)[O-])cc1[N+](=O)[O-])C(N)=O. The number of amides is 1. The molecule has 0 aliphatic heterocycles. The fourth-order valence-electron chi connectivity index (χ4n) is 1.69. The van der Waals surface area contributed by atoms with Gasteiger partial charge in [0.2, 0.25) is 11.7 Å². The van der Waals surface area contributed by atoms with Crippen LogP contribution in [0.15, 0.2) is 12.1 Å². The van der Waals surface area contributed by atoms with Crippen LogP contribution >= 0.6 is 0 Å². The molecule has 1 aromatic carbocycles. The molecule has 0 aliphatic carbocycles. The predicted octanol–water partition coefficient (Wildman–Crippen LogP) is 1.56. The van der Waals surface area contributed by atoms with Crippen molar-refractivity contribution >= 4 is 23.0 Å². The van der Waals surface area contributed by atoms with E-state index in [-0.39, 0.29) is 11.6 Å². The van der Waals surface area contributed by atoms with Crippen molar-refractivity contribution in [2.45, 2.75) is 19.9 Å². The second kappa shape index (κ2) is 6.11. The Bertz CT molecular complexity index is 605. The molecular weight excluding hydrogens is 287 g/mol. The van der Waals surface area contributed by atoms with Crippen molar-refractivity contribution in [3.63, 3.8) is 0 Å². The Morgan fingerprint density at radius 3 is 2.14 bits per heavy atom. The summed E-state index contributed by atoms with van der Waals surface area (Å²) in [6.07, 6.45) is 0. The lowest BCUT2D eigenvalue weighted by atomic mass is 10.0. The number of nitrogens with two attached hydrogens (primary N) is 1. The number of nitro groups is 2. The maximum atomic E-state index is 13.6. The highest BCUT2D eigenvalue weighted by atomic mass is 19.1. The molecule has 0 radical (unpaired) electrons. The highest BCUT2D eigenvalue weighted by Gasteiger charge is 2.28. The maximum absolute atomic E-state index is 13.6. The van der Waals surface area contributed by atoms with Crippen LogP contribution in [0.3, 0.4) is 0 Å². The van der Waals surface area contributed by atoms with E-state index >= 15 is 0 Å². The summed E-state index contributed by atoms with van der Waals surface area (Å²) in [5.41, 5.74) is 3.07. The average molecular weight is 300 g/mol. The molecule has 3 N–H and O–H groups in total. The molecule has 0 fully saturated rings. The van der Waals surface area contributed by atoms with Crippen molar-refractivity contribution in [2.24, 2.45) is 11.7 Å². The Morgan fingerprint density at radius 1 is 1.24 bits per heavy atom. The summed E-state index contributed by atoms with van der Waals surface area (Å²) in [7, 11) is 0. The van der Waals surface area contributed by atoms with Gasteiger partial charge in [0.1, 0.15) is 11.7 Å². The van der Waals surface area contributed by atoms with Crippen molar-refractivity contribution in [3.05, 3.63) is 38.2 Å². The van der Waals surface area contributed by atoms with Crippen LogP contribution in [0.1, 0.15) is 13.8 Å². The fourth-order valence-corrected chi connectivity index (χ4v) is 1.69. The minimum Gasteiger partial charge on any atom is -0.368 e. The Hall–Kier alpha value is -2.78. The molecule has 0 saturated heterocycles. The number of primary amides is 1. The standard InChI is InChI=1S/C11H13FN4O5/c1-5(2)10(11(13)17)14-7-3-6(12)8(15(18)19)4-9(7)16(20)21/h3-5,10,14H,1-2H3,(H2,13,17)/t10-/m0/s1. The predicted molar refractivity (Wildman–Crippen MR) is 71.2 cm³/mol. The van der Waals surface area contributed by atoms with Gasteiger partial charge in [0.05, 0.1) is 15.9 Å². The van der Waals surface area contributed by atoms with E-state index in [1.807, 2.05) is 0 Å². The molecule has 0 heterocycles. The summed E-state index contributed by atoms with van der Waals surface area (Å²) in [6, 6.07) is 0.120. The minimum absolute atomic E-state index is 0.319. The number of nitro benzene ring substituents is 2. The van der Waals surface area contributed by atoms with Gasteiger partial charge in [-0.25, -0.2) is 0 Å². The van der Waals surface area contributed by atoms with Gasteiger partial charge in [-0.3, -0.25) is 25.0 Å². The summed E-state index contributed by atoms with van der Waals surface area (Å²) in [6.45, 7) is 3.27. The Kier molecular flexibility index (Phi) is 4.74. The van der Waals surface area contributed by atoms with Crippen LogP contribution in [0.5, 0.6) is 0 Å².